The Bertz CT molecular complexity index is 520. The average molecular weight is 261 g/mol. The van der Waals surface area contributed by atoms with Crippen LogP contribution in [0, 0.1) is 22.0 Å². The van der Waals surface area contributed by atoms with E-state index in [1.807, 2.05) is 0 Å². The summed E-state index contributed by atoms with van der Waals surface area (Å²) >= 11 is 0. The Balaban J connectivity index is 1.83. The fourth-order valence-corrected chi connectivity index (χ4v) is 3.01. The Labute approximate surface area is 110 Å². The van der Waals surface area contributed by atoms with E-state index in [-0.39, 0.29) is 17.2 Å². The highest BCUT2D eigenvalue weighted by Crippen LogP contribution is 2.29. The number of nitro groups is 1. The van der Waals surface area contributed by atoms with Gasteiger partial charge in [0.25, 0.3) is 11.6 Å². The molecule has 2 aliphatic rings. The second-order valence-electron chi connectivity index (χ2n) is 5.16. The molecule has 1 aromatic rings. The van der Waals surface area contributed by atoms with E-state index in [0.717, 1.165) is 13.1 Å². The lowest BCUT2D eigenvalue weighted by molar-refractivity contribution is -0.385. The zero-order chi connectivity index (χ0) is 13.4. The Morgan fingerprint density at radius 2 is 1.89 bits per heavy atom. The van der Waals surface area contributed by atoms with Gasteiger partial charge in [0.1, 0.15) is 5.56 Å². The summed E-state index contributed by atoms with van der Waals surface area (Å²) < 4.78 is 0. The molecule has 1 aromatic carbocycles. The molecule has 2 unspecified atom stereocenters. The van der Waals surface area contributed by atoms with Crippen LogP contribution in [-0.2, 0) is 0 Å². The van der Waals surface area contributed by atoms with Gasteiger partial charge in [-0.3, -0.25) is 14.9 Å². The number of hydrogen-bond acceptors (Lipinski definition) is 4. The summed E-state index contributed by atoms with van der Waals surface area (Å²) in [6.07, 6.45) is 0. The van der Waals surface area contributed by atoms with Crippen molar-refractivity contribution in [2.75, 3.05) is 26.2 Å². The molecule has 2 saturated heterocycles. The molecule has 3 rings (SSSR count). The van der Waals surface area contributed by atoms with Crippen LogP contribution in [0.15, 0.2) is 24.3 Å². The molecule has 1 N–H and O–H groups in total. The second kappa shape index (κ2) is 4.62. The van der Waals surface area contributed by atoms with E-state index in [1.165, 1.54) is 12.1 Å². The molecule has 0 aliphatic carbocycles. The summed E-state index contributed by atoms with van der Waals surface area (Å²) in [5, 5.41) is 14.3. The lowest BCUT2D eigenvalue weighted by atomic mass is 10.0. The van der Waals surface area contributed by atoms with Crippen LogP contribution in [-0.4, -0.2) is 41.9 Å². The van der Waals surface area contributed by atoms with Crippen LogP contribution in [0.2, 0.25) is 0 Å². The van der Waals surface area contributed by atoms with Gasteiger partial charge in [0.15, 0.2) is 0 Å². The number of carbonyl (C=O) groups is 1. The van der Waals surface area contributed by atoms with E-state index in [0.29, 0.717) is 24.9 Å². The van der Waals surface area contributed by atoms with Crippen LogP contribution in [0.1, 0.15) is 10.4 Å². The highest BCUT2D eigenvalue weighted by molar-refractivity contribution is 5.98. The molecule has 0 radical (unpaired) electrons. The summed E-state index contributed by atoms with van der Waals surface area (Å²) in [6.45, 7) is 3.27. The summed E-state index contributed by atoms with van der Waals surface area (Å²) in [4.78, 5) is 24.6. The van der Waals surface area contributed by atoms with Crippen LogP contribution in [0.3, 0.4) is 0 Å². The van der Waals surface area contributed by atoms with Crippen LogP contribution in [0.5, 0.6) is 0 Å². The molecule has 2 fully saturated rings. The molecule has 0 aromatic heterocycles. The van der Waals surface area contributed by atoms with Crippen molar-refractivity contribution in [3.8, 4) is 0 Å². The number of likely N-dealkylation sites (tertiary alicyclic amines) is 1. The fourth-order valence-electron chi connectivity index (χ4n) is 3.01. The minimum absolute atomic E-state index is 0.109. The largest absolute Gasteiger partial charge is 0.338 e. The Hall–Kier alpha value is -1.95. The fraction of sp³-hybridized carbons (Fsp3) is 0.462. The molecule has 0 saturated carbocycles. The second-order valence-corrected chi connectivity index (χ2v) is 5.16. The van der Waals surface area contributed by atoms with E-state index in [2.05, 4.69) is 5.32 Å². The number of nitrogens with one attached hydrogen (secondary N) is 1. The van der Waals surface area contributed by atoms with Crippen molar-refractivity contribution in [2.45, 2.75) is 0 Å². The number of hydrogen-bond donors (Lipinski definition) is 1. The molecule has 6 heteroatoms. The molecule has 2 atom stereocenters. The van der Waals surface area contributed by atoms with E-state index >= 15 is 0 Å². The molecular weight excluding hydrogens is 246 g/mol. The number of nitro benzene ring substituents is 1. The van der Waals surface area contributed by atoms with Gasteiger partial charge in [-0.25, -0.2) is 0 Å². The SMILES string of the molecule is O=C(c1ccccc1[N+](=O)[O-])N1CC2CNCC2C1. The molecule has 6 nitrogen and oxygen atoms in total. The Morgan fingerprint density at radius 3 is 2.53 bits per heavy atom. The third-order valence-electron chi connectivity index (χ3n) is 4.01. The predicted molar refractivity (Wildman–Crippen MR) is 68.8 cm³/mol. The molecule has 0 bridgehead atoms. The highest BCUT2D eigenvalue weighted by atomic mass is 16.6. The average Bonchev–Trinajstić information content (AvgIpc) is 2.98. The van der Waals surface area contributed by atoms with E-state index in [9.17, 15) is 14.9 Å². The van der Waals surface area contributed by atoms with Gasteiger partial charge >= 0.3 is 0 Å². The van der Waals surface area contributed by atoms with Gasteiger partial charge in [0.05, 0.1) is 4.92 Å². The smallest absolute Gasteiger partial charge is 0.282 e. The van der Waals surface area contributed by atoms with Gasteiger partial charge in [0.2, 0.25) is 0 Å². The van der Waals surface area contributed by atoms with E-state index in [4.69, 9.17) is 0 Å². The van der Waals surface area contributed by atoms with Crippen molar-refractivity contribution >= 4 is 11.6 Å². The summed E-state index contributed by atoms with van der Waals surface area (Å²) in [6, 6.07) is 6.16. The van der Waals surface area contributed by atoms with Gasteiger partial charge in [-0.2, -0.15) is 0 Å². The lowest BCUT2D eigenvalue weighted by Crippen LogP contribution is -2.32. The molecule has 1 amide bonds. The van der Waals surface area contributed by atoms with Crippen molar-refractivity contribution in [3.05, 3.63) is 39.9 Å². The summed E-state index contributed by atoms with van der Waals surface area (Å²) in [7, 11) is 0. The van der Waals surface area contributed by atoms with E-state index in [1.54, 1.807) is 17.0 Å². The first-order valence-electron chi connectivity index (χ1n) is 6.40. The molecule has 2 aliphatic heterocycles. The molecular formula is C13H15N3O3. The number of benzene rings is 1. The number of nitrogens with zero attached hydrogens (tertiary/aromatic N) is 2. The van der Waals surface area contributed by atoms with Crippen molar-refractivity contribution in [3.63, 3.8) is 0 Å². The summed E-state index contributed by atoms with van der Waals surface area (Å²) in [5.74, 6) is 0.764. The maximum Gasteiger partial charge on any atom is 0.282 e. The normalized spacial score (nSPS) is 25.4. The predicted octanol–water partition coefficient (Wildman–Crippen LogP) is 0.886. The third kappa shape index (κ3) is 2.08. The number of amides is 1. The Morgan fingerprint density at radius 1 is 1.26 bits per heavy atom. The van der Waals surface area contributed by atoms with E-state index < -0.39 is 4.92 Å². The zero-order valence-electron chi connectivity index (χ0n) is 10.4. The van der Waals surface area contributed by atoms with Crippen LogP contribution >= 0.6 is 0 Å². The molecule has 0 spiro atoms. The van der Waals surface area contributed by atoms with Crippen molar-refractivity contribution in [1.29, 1.82) is 0 Å². The lowest BCUT2D eigenvalue weighted by Gasteiger charge is -2.17. The third-order valence-corrected chi connectivity index (χ3v) is 4.01. The first-order chi connectivity index (χ1) is 9.16. The maximum atomic E-state index is 12.4. The molecule has 19 heavy (non-hydrogen) atoms. The number of rotatable bonds is 2. The highest BCUT2D eigenvalue weighted by Gasteiger charge is 2.39. The number of para-hydroxylation sites is 1. The van der Waals surface area contributed by atoms with Crippen LogP contribution in [0.4, 0.5) is 5.69 Å². The van der Waals surface area contributed by atoms with Gasteiger partial charge < -0.3 is 10.2 Å². The van der Waals surface area contributed by atoms with Crippen molar-refractivity contribution in [1.82, 2.24) is 10.2 Å². The van der Waals surface area contributed by atoms with Crippen LogP contribution < -0.4 is 5.32 Å². The van der Waals surface area contributed by atoms with Gasteiger partial charge in [-0.1, -0.05) is 12.1 Å². The van der Waals surface area contributed by atoms with Gasteiger partial charge in [-0.05, 0) is 17.9 Å². The number of carbonyl (C=O) groups excluding carboxylic acids is 1. The minimum atomic E-state index is -0.494. The quantitative estimate of drug-likeness (QED) is 0.633. The van der Waals surface area contributed by atoms with Crippen LogP contribution in [0.25, 0.3) is 0 Å². The first kappa shape index (κ1) is 12.1. The topological polar surface area (TPSA) is 75.5 Å². The zero-order valence-corrected chi connectivity index (χ0v) is 10.4. The molecule has 2 heterocycles. The van der Waals surface area contributed by atoms with Crippen molar-refractivity contribution in [2.24, 2.45) is 11.8 Å². The standard InChI is InChI=1S/C13H15N3O3/c17-13(11-3-1-2-4-12(11)16(18)19)15-7-9-5-14-6-10(9)8-15/h1-4,9-10,14H,5-8H2. The van der Waals surface area contributed by atoms with Gasteiger partial charge in [0, 0.05) is 32.2 Å². The Kier molecular flexibility index (Phi) is 2.94. The van der Waals surface area contributed by atoms with Gasteiger partial charge in [-0.15, -0.1) is 0 Å². The maximum absolute atomic E-state index is 12.4. The minimum Gasteiger partial charge on any atom is -0.338 e. The first-order valence-corrected chi connectivity index (χ1v) is 6.40. The van der Waals surface area contributed by atoms with Crippen molar-refractivity contribution < 1.29 is 9.72 Å². The monoisotopic (exact) mass is 261 g/mol. The summed E-state index contributed by atoms with van der Waals surface area (Å²) in [5.41, 5.74) is 0.0862. The number of fused-ring (bicyclic) bond motifs is 1. The molecule has 100 valence electrons.